The fourth-order valence-electron chi connectivity index (χ4n) is 4.09. The number of benzene rings is 2. The van der Waals surface area contributed by atoms with Gasteiger partial charge in [0.05, 0.1) is 24.4 Å². The van der Waals surface area contributed by atoms with Crippen molar-refractivity contribution in [1.82, 2.24) is 14.9 Å². The van der Waals surface area contributed by atoms with Crippen molar-refractivity contribution in [2.24, 2.45) is 0 Å². The summed E-state index contributed by atoms with van der Waals surface area (Å²) < 4.78 is 6.00. The molecule has 0 bridgehead atoms. The van der Waals surface area contributed by atoms with Gasteiger partial charge in [-0.25, -0.2) is 0 Å². The molecule has 0 spiro atoms. The zero-order chi connectivity index (χ0) is 21.9. The lowest BCUT2D eigenvalue weighted by Gasteiger charge is -2.33. The van der Waals surface area contributed by atoms with E-state index in [9.17, 15) is 4.79 Å². The van der Waals surface area contributed by atoms with Crippen molar-refractivity contribution >= 4 is 28.4 Å². The lowest BCUT2D eigenvalue weighted by Crippen LogP contribution is -2.42. The van der Waals surface area contributed by atoms with E-state index in [1.165, 1.54) is 0 Å². The van der Waals surface area contributed by atoms with E-state index in [-0.39, 0.29) is 12.0 Å². The predicted molar refractivity (Wildman–Crippen MR) is 125 cm³/mol. The van der Waals surface area contributed by atoms with Gasteiger partial charge >= 0.3 is 0 Å². The van der Waals surface area contributed by atoms with Crippen LogP contribution in [0.15, 0.2) is 79.0 Å². The largest absolute Gasteiger partial charge is 0.368 e. The molecule has 5 nitrogen and oxygen atoms in total. The van der Waals surface area contributed by atoms with Crippen LogP contribution in [0.5, 0.6) is 0 Å². The van der Waals surface area contributed by atoms with E-state index >= 15 is 0 Å². The third-order valence-corrected chi connectivity index (χ3v) is 6.09. The van der Waals surface area contributed by atoms with E-state index in [1.54, 1.807) is 6.20 Å². The average Bonchev–Trinajstić information content (AvgIpc) is 2.85. The first-order valence-corrected chi connectivity index (χ1v) is 11.0. The molecule has 1 aliphatic rings. The monoisotopic (exact) mass is 443 g/mol. The summed E-state index contributed by atoms with van der Waals surface area (Å²) >= 11 is 6.32. The number of pyridine rings is 2. The second kappa shape index (κ2) is 9.07. The van der Waals surface area contributed by atoms with Crippen molar-refractivity contribution < 1.29 is 9.53 Å². The van der Waals surface area contributed by atoms with E-state index < -0.39 is 0 Å². The van der Waals surface area contributed by atoms with Crippen LogP contribution in [-0.4, -0.2) is 40.5 Å². The van der Waals surface area contributed by atoms with Gasteiger partial charge in [0.1, 0.15) is 6.10 Å². The number of ether oxygens (including phenoxy) is 1. The number of carbonyl (C=O) groups is 1. The van der Waals surface area contributed by atoms with Gasteiger partial charge < -0.3 is 9.64 Å². The molecule has 1 unspecified atom stereocenters. The third kappa shape index (κ3) is 4.22. The summed E-state index contributed by atoms with van der Waals surface area (Å²) in [5.41, 5.74) is 4.26. The summed E-state index contributed by atoms with van der Waals surface area (Å²) in [5.74, 6) is -0.0101. The Morgan fingerprint density at radius 2 is 1.91 bits per heavy atom. The van der Waals surface area contributed by atoms with Gasteiger partial charge in [-0.15, -0.1) is 0 Å². The molecule has 0 radical (unpaired) electrons. The molecule has 2 aromatic carbocycles. The first-order valence-electron chi connectivity index (χ1n) is 10.6. The molecular formula is C26H22ClN3O2. The van der Waals surface area contributed by atoms with Crippen LogP contribution >= 0.6 is 11.6 Å². The zero-order valence-electron chi connectivity index (χ0n) is 17.4. The standard InChI is InChI=1S/C26H22ClN3O2/c27-22-10-2-1-6-18(22)16-19-7-3-12-24(29-19)25-17-30(14-15-32-25)26(31)21-8-4-11-23-20(21)9-5-13-28-23/h1-13,25H,14-17H2. The van der Waals surface area contributed by atoms with Gasteiger partial charge in [0, 0.05) is 40.8 Å². The van der Waals surface area contributed by atoms with E-state index in [1.807, 2.05) is 77.7 Å². The number of morpholine rings is 1. The number of halogens is 1. The molecule has 2 aromatic heterocycles. The highest BCUT2D eigenvalue weighted by Crippen LogP contribution is 2.25. The molecular weight excluding hydrogens is 422 g/mol. The van der Waals surface area contributed by atoms with Crippen LogP contribution in [0.1, 0.15) is 33.4 Å². The third-order valence-electron chi connectivity index (χ3n) is 5.72. The van der Waals surface area contributed by atoms with E-state index in [4.69, 9.17) is 21.3 Å². The Bertz CT molecular complexity index is 1270. The highest BCUT2D eigenvalue weighted by molar-refractivity contribution is 6.31. The molecule has 1 atom stereocenters. The van der Waals surface area contributed by atoms with Gasteiger partial charge in [0.15, 0.2) is 0 Å². The molecule has 3 heterocycles. The Hall–Kier alpha value is -3.28. The van der Waals surface area contributed by atoms with Crippen LogP contribution in [0.4, 0.5) is 0 Å². The van der Waals surface area contributed by atoms with Gasteiger partial charge in [-0.1, -0.05) is 48.0 Å². The fraction of sp³-hybridized carbons (Fsp3) is 0.192. The Labute approximate surface area is 191 Å². The van der Waals surface area contributed by atoms with Crippen molar-refractivity contribution in [2.45, 2.75) is 12.5 Å². The Morgan fingerprint density at radius 1 is 1.03 bits per heavy atom. The first kappa shape index (κ1) is 20.6. The van der Waals surface area contributed by atoms with Crippen molar-refractivity contribution in [1.29, 1.82) is 0 Å². The van der Waals surface area contributed by atoms with Gasteiger partial charge in [0.2, 0.25) is 0 Å². The van der Waals surface area contributed by atoms with Crippen LogP contribution < -0.4 is 0 Å². The Balaban J connectivity index is 1.36. The molecule has 0 aliphatic carbocycles. The second-order valence-corrected chi connectivity index (χ2v) is 8.22. The molecule has 0 N–H and O–H groups in total. The topological polar surface area (TPSA) is 55.3 Å². The molecule has 32 heavy (non-hydrogen) atoms. The predicted octanol–water partition coefficient (Wildman–Crippen LogP) is 5.09. The Kier molecular flexibility index (Phi) is 5.84. The van der Waals surface area contributed by atoms with Crippen molar-refractivity contribution in [3.05, 3.63) is 107 Å². The lowest BCUT2D eigenvalue weighted by molar-refractivity contribution is -0.0247. The van der Waals surface area contributed by atoms with Gasteiger partial charge in [-0.05, 0) is 42.0 Å². The van der Waals surface area contributed by atoms with E-state index in [0.29, 0.717) is 31.7 Å². The summed E-state index contributed by atoms with van der Waals surface area (Å²) in [7, 11) is 0. The van der Waals surface area contributed by atoms with Gasteiger partial charge in [0.25, 0.3) is 5.91 Å². The van der Waals surface area contributed by atoms with Crippen molar-refractivity contribution in [2.75, 3.05) is 19.7 Å². The second-order valence-electron chi connectivity index (χ2n) is 7.81. The van der Waals surface area contributed by atoms with Crippen LogP contribution in [0, 0.1) is 0 Å². The lowest BCUT2D eigenvalue weighted by atomic mass is 10.1. The fourth-order valence-corrected chi connectivity index (χ4v) is 4.29. The van der Waals surface area contributed by atoms with Crippen molar-refractivity contribution in [3.8, 4) is 0 Å². The Morgan fingerprint density at radius 3 is 2.81 bits per heavy atom. The summed E-state index contributed by atoms with van der Waals surface area (Å²) in [4.78, 5) is 24.4. The maximum atomic E-state index is 13.3. The molecule has 4 aromatic rings. The summed E-state index contributed by atoms with van der Waals surface area (Å²) in [6, 6.07) is 23.2. The van der Waals surface area contributed by atoms with Gasteiger partial charge in [-0.3, -0.25) is 14.8 Å². The van der Waals surface area contributed by atoms with Crippen LogP contribution in [0.3, 0.4) is 0 Å². The van der Waals surface area contributed by atoms with Crippen LogP contribution in [-0.2, 0) is 11.2 Å². The van der Waals surface area contributed by atoms with Crippen LogP contribution in [0.25, 0.3) is 10.9 Å². The highest BCUT2D eigenvalue weighted by Gasteiger charge is 2.28. The van der Waals surface area contributed by atoms with E-state index in [2.05, 4.69) is 4.98 Å². The molecule has 6 heteroatoms. The first-order chi connectivity index (χ1) is 15.7. The number of carbonyl (C=O) groups excluding carboxylic acids is 1. The molecule has 1 saturated heterocycles. The number of fused-ring (bicyclic) bond motifs is 1. The number of hydrogen-bond acceptors (Lipinski definition) is 4. The van der Waals surface area contributed by atoms with E-state index in [0.717, 1.165) is 32.9 Å². The minimum Gasteiger partial charge on any atom is -0.368 e. The SMILES string of the molecule is O=C(c1cccc2ncccc12)N1CCOC(c2cccc(Cc3ccccc3Cl)n2)C1. The quantitative estimate of drug-likeness (QED) is 0.441. The minimum atomic E-state index is -0.271. The molecule has 160 valence electrons. The van der Waals surface area contributed by atoms with Gasteiger partial charge in [-0.2, -0.15) is 0 Å². The van der Waals surface area contributed by atoms with Crippen molar-refractivity contribution in [3.63, 3.8) is 0 Å². The average molecular weight is 444 g/mol. The number of hydrogen-bond donors (Lipinski definition) is 0. The smallest absolute Gasteiger partial charge is 0.254 e. The summed E-state index contributed by atoms with van der Waals surface area (Å²) in [6.07, 6.45) is 2.11. The highest BCUT2D eigenvalue weighted by atomic mass is 35.5. The maximum absolute atomic E-state index is 13.3. The molecule has 0 saturated carbocycles. The molecule has 1 amide bonds. The number of rotatable bonds is 4. The summed E-state index contributed by atoms with van der Waals surface area (Å²) in [5, 5.41) is 1.60. The normalized spacial score (nSPS) is 16.3. The number of nitrogens with zero attached hydrogens (tertiary/aromatic N) is 3. The molecule has 1 fully saturated rings. The number of aromatic nitrogens is 2. The molecule has 5 rings (SSSR count). The maximum Gasteiger partial charge on any atom is 0.254 e. The zero-order valence-corrected chi connectivity index (χ0v) is 18.2. The van der Waals surface area contributed by atoms with Crippen LogP contribution in [0.2, 0.25) is 5.02 Å². The summed E-state index contributed by atoms with van der Waals surface area (Å²) in [6.45, 7) is 1.47. The molecule has 1 aliphatic heterocycles. The minimum absolute atomic E-state index is 0.0101. The number of amides is 1.